The van der Waals surface area contributed by atoms with Crippen LogP contribution in [0.25, 0.3) is 11.3 Å². The molecule has 4 nitrogen and oxygen atoms in total. The van der Waals surface area contributed by atoms with Crippen molar-refractivity contribution in [3.8, 4) is 11.3 Å². The minimum atomic E-state index is -0.272. The Hall–Kier alpha value is -2.82. The van der Waals surface area contributed by atoms with Gasteiger partial charge in [0.15, 0.2) is 5.78 Å². The van der Waals surface area contributed by atoms with E-state index in [2.05, 4.69) is 9.97 Å². The number of carbonyl (C=O) groups excluding carboxylic acids is 1. The van der Waals surface area contributed by atoms with E-state index in [9.17, 15) is 9.18 Å². The van der Waals surface area contributed by atoms with Gasteiger partial charge in [-0.05, 0) is 42.2 Å². The Kier molecular flexibility index (Phi) is 2.74. The van der Waals surface area contributed by atoms with Crippen LogP contribution in [-0.4, -0.2) is 20.3 Å². The summed E-state index contributed by atoms with van der Waals surface area (Å²) in [5, 5.41) is 0. The number of benzene rings is 1. The number of fused-ring (bicyclic) bond motifs is 4. The quantitative estimate of drug-likeness (QED) is 0.690. The van der Waals surface area contributed by atoms with Crippen molar-refractivity contribution >= 4 is 5.78 Å². The molecule has 2 aliphatic rings. The Morgan fingerprint density at radius 1 is 1.12 bits per heavy atom. The van der Waals surface area contributed by atoms with Gasteiger partial charge >= 0.3 is 0 Å². The zero-order valence-electron chi connectivity index (χ0n) is 12.8. The normalized spacial score (nSPS) is 21.3. The van der Waals surface area contributed by atoms with Crippen molar-refractivity contribution in [3.63, 3.8) is 0 Å². The van der Waals surface area contributed by atoms with Gasteiger partial charge in [0, 0.05) is 29.4 Å². The van der Waals surface area contributed by atoms with E-state index in [0.717, 1.165) is 35.2 Å². The summed E-state index contributed by atoms with van der Waals surface area (Å²) in [4.78, 5) is 21.4. The molecule has 24 heavy (non-hydrogen) atoms. The molecule has 0 radical (unpaired) electrons. The van der Waals surface area contributed by atoms with Crippen LogP contribution in [0.1, 0.15) is 33.9 Å². The number of Topliss-reactive ketones (excluding diaryl/α,β-unsaturated/α-hetero) is 1. The lowest BCUT2D eigenvalue weighted by molar-refractivity contribution is 0.0871. The first kappa shape index (κ1) is 13.6. The second-order valence-electron chi connectivity index (χ2n) is 6.40. The first-order valence-electron chi connectivity index (χ1n) is 8.03. The van der Waals surface area contributed by atoms with Gasteiger partial charge in [-0.15, -0.1) is 0 Å². The van der Waals surface area contributed by atoms with E-state index in [1.54, 1.807) is 31.0 Å². The topological polar surface area (TPSA) is 47.8 Å². The molecule has 2 aromatic heterocycles. The zero-order chi connectivity index (χ0) is 16.3. The van der Waals surface area contributed by atoms with Gasteiger partial charge in [-0.3, -0.25) is 9.78 Å². The van der Waals surface area contributed by atoms with Crippen molar-refractivity contribution in [2.45, 2.75) is 18.9 Å². The molecule has 2 unspecified atom stereocenters. The van der Waals surface area contributed by atoms with Gasteiger partial charge in [0.2, 0.25) is 0 Å². The van der Waals surface area contributed by atoms with E-state index in [0.29, 0.717) is 5.56 Å². The van der Waals surface area contributed by atoms with Gasteiger partial charge in [-0.2, -0.15) is 0 Å². The summed E-state index contributed by atoms with van der Waals surface area (Å²) in [7, 11) is 0. The number of aryl methyl sites for hydroxylation is 1. The lowest BCUT2D eigenvalue weighted by Gasteiger charge is -2.29. The minimum absolute atomic E-state index is 0.117. The molecule has 5 heteroatoms. The first-order valence-corrected chi connectivity index (χ1v) is 8.03. The Balaban J connectivity index is 1.65. The Morgan fingerprint density at radius 3 is 2.96 bits per heavy atom. The molecule has 1 aromatic carbocycles. The lowest BCUT2D eigenvalue weighted by Crippen LogP contribution is -2.30. The molecule has 0 amide bonds. The van der Waals surface area contributed by atoms with E-state index in [1.165, 1.54) is 12.1 Å². The standard InChI is InChI=1S/C19H14FN3O/c20-12-2-4-13-15(7-12)17-9-22-10-23(17)18(13)14-3-1-11-5-6-21-8-16(11)19(14)24/h2,4-10,14,18H,1,3H2. The number of halogens is 1. The third kappa shape index (κ3) is 1.75. The lowest BCUT2D eigenvalue weighted by atomic mass is 9.77. The number of ketones is 1. The van der Waals surface area contributed by atoms with Crippen LogP contribution in [0, 0.1) is 11.7 Å². The molecule has 3 heterocycles. The SMILES string of the molecule is O=C1c2cnccc2CCC1C1c2ccc(F)cc2-c2cncn21. The minimum Gasteiger partial charge on any atom is -0.322 e. The Bertz CT molecular complexity index is 978. The van der Waals surface area contributed by atoms with Crippen LogP contribution in [0.3, 0.4) is 0 Å². The number of hydrogen-bond donors (Lipinski definition) is 0. The maximum Gasteiger partial charge on any atom is 0.170 e. The van der Waals surface area contributed by atoms with Gasteiger partial charge in [0.05, 0.1) is 24.3 Å². The van der Waals surface area contributed by atoms with Crippen LogP contribution < -0.4 is 0 Å². The summed E-state index contributed by atoms with van der Waals surface area (Å²) < 4.78 is 15.7. The maximum absolute atomic E-state index is 13.7. The van der Waals surface area contributed by atoms with Gasteiger partial charge in [-0.25, -0.2) is 9.37 Å². The number of imidazole rings is 1. The summed E-state index contributed by atoms with van der Waals surface area (Å²) in [6, 6.07) is 6.59. The molecule has 1 aliphatic carbocycles. The molecule has 0 saturated heterocycles. The number of nitrogens with zero attached hydrogens (tertiary/aromatic N) is 3. The van der Waals surface area contributed by atoms with Crippen molar-refractivity contribution in [3.05, 3.63) is 71.7 Å². The fraction of sp³-hybridized carbons (Fsp3) is 0.211. The smallest absolute Gasteiger partial charge is 0.170 e. The highest BCUT2D eigenvalue weighted by Gasteiger charge is 2.40. The number of carbonyl (C=O) groups is 1. The molecule has 5 rings (SSSR count). The molecular weight excluding hydrogens is 305 g/mol. The fourth-order valence-electron chi connectivity index (χ4n) is 4.11. The Labute approximate surface area is 138 Å². The average Bonchev–Trinajstić information content (AvgIpc) is 3.17. The fourth-order valence-corrected chi connectivity index (χ4v) is 4.11. The molecule has 0 spiro atoms. The summed E-state index contributed by atoms with van der Waals surface area (Å²) in [6.07, 6.45) is 8.50. The highest BCUT2D eigenvalue weighted by atomic mass is 19.1. The van der Waals surface area contributed by atoms with Crippen LogP contribution in [0.2, 0.25) is 0 Å². The number of rotatable bonds is 1. The number of pyridine rings is 1. The van der Waals surface area contributed by atoms with Crippen LogP contribution in [0.4, 0.5) is 4.39 Å². The van der Waals surface area contributed by atoms with Crippen LogP contribution in [-0.2, 0) is 6.42 Å². The van der Waals surface area contributed by atoms with E-state index >= 15 is 0 Å². The number of aromatic nitrogens is 3. The summed E-state index contributed by atoms with van der Waals surface area (Å²) in [6.45, 7) is 0. The Morgan fingerprint density at radius 2 is 2.04 bits per heavy atom. The van der Waals surface area contributed by atoms with E-state index in [1.807, 2.05) is 10.6 Å². The second kappa shape index (κ2) is 4.84. The molecule has 1 aliphatic heterocycles. The van der Waals surface area contributed by atoms with Crippen molar-refractivity contribution in [1.29, 1.82) is 0 Å². The van der Waals surface area contributed by atoms with Crippen LogP contribution in [0.5, 0.6) is 0 Å². The highest BCUT2D eigenvalue weighted by molar-refractivity contribution is 6.00. The molecule has 0 fully saturated rings. The van der Waals surface area contributed by atoms with E-state index in [4.69, 9.17) is 0 Å². The molecular formula is C19H14FN3O. The zero-order valence-corrected chi connectivity index (χ0v) is 12.8. The van der Waals surface area contributed by atoms with Gasteiger partial charge < -0.3 is 4.57 Å². The summed E-state index contributed by atoms with van der Waals surface area (Å²) in [5.74, 6) is -0.334. The van der Waals surface area contributed by atoms with Gasteiger partial charge in [0.1, 0.15) is 5.82 Å². The maximum atomic E-state index is 13.7. The van der Waals surface area contributed by atoms with E-state index < -0.39 is 0 Å². The predicted molar refractivity (Wildman–Crippen MR) is 86.1 cm³/mol. The van der Waals surface area contributed by atoms with Crippen LogP contribution in [0.15, 0.2) is 49.2 Å². The van der Waals surface area contributed by atoms with Crippen molar-refractivity contribution in [2.24, 2.45) is 5.92 Å². The van der Waals surface area contributed by atoms with Crippen molar-refractivity contribution in [1.82, 2.24) is 14.5 Å². The van der Waals surface area contributed by atoms with Crippen molar-refractivity contribution < 1.29 is 9.18 Å². The molecule has 0 bridgehead atoms. The first-order chi connectivity index (χ1) is 11.7. The summed E-state index contributed by atoms with van der Waals surface area (Å²) in [5.41, 5.74) is 4.49. The molecule has 118 valence electrons. The van der Waals surface area contributed by atoms with Gasteiger partial charge in [0.25, 0.3) is 0 Å². The van der Waals surface area contributed by atoms with Crippen LogP contribution >= 0.6 is 0 Å². The van der Waals surface area contributed by atoms with Crippen molar-refractivity contribution in [2.75, 3.05) is 0 Å². The summed E-state index contributed by atoms with van der Waals surface area (Å²) >= 11 is 0. The third-order valence-corrected chi connectivity index (χ3v) is 5.20. The third-order valence-electron chi connectivity index (χ3n) is 5.20. The average molecular weight is 319 g/mol. The largest absolute Gasteiger partial charge is 0.322 e. The highest BCUT2D eigenvalue weighted by Crippen LogP contribution is 2.46. The molecule has 0 N–H and O–H groups in total. The molecule has 3 aromatic rings. The van der Waals surface area contributed by atoms with Gasteiger partial charge in [-0.1, -0.05) is 6.07 Å². The molecule has 2 atom stereocenters. The monoisotopic (exact) mass is 319 g/mol. The van der Waals surface area contributed by atoms with E-state index in [-0.39, 0.29) is 23.6 Å². The molecule has 0 saturated carbocycles. The number of hydrogen-bond acceptors (Lipinski definition) is 3. The predicted octanol–water partition coefficient (Wildman–Crippen LogP) is 3.43. The second-order valence-corrected chi connectivity index (χ2v) is 6.40.